The normalized spacial score (nSPS) is 19.2. The number of carbonyl (C=O) groups excluding carboxylic acids is 2. The first-order chi connectivity index (χ1) is 5.66. The quantitative estimate of drug-likeness (QED) is 0.519. The van der Waals surface area contributed by atoms with Crippen molar-refractivity contribution in [3.05, 3.63) is 0 Å². The smallest absolute Gasteiger partial charge is 0.416 e. The maximum absolute atomic E-state index is 11.1. The minimum atomic E-state index is -1.31. The first kappa shape index (κ1) is 8.95. The van der Waals surface area contributed by atoms with E-state index in [1.54, 1.807) is 0 Å². The van der Waals surface area contributed by atoms with Crippen LogP contribution < -0.4 is 5.73 Å². The summed E-state index contributed by atoms with van der Waals surface area (Å²) in [6.07, 6.45) is -2.02. The standard InChI is InChI=1S/C6H10N2O4/c7-3-4(9)5(10)8-1-2-12-6(8)11/h4,9H,1-3,7H2. The summed E-state index contributed by atoms with van der Waals surface area (Å²) in [5, 5.41) is 8.98. The van der Waals surface area contributed by atoms with Crippen LogP contribution in [0.3, 0.4) is 0 Å². The molecule has 0 aliphatic carbocycles. The average molecular weight is 174 g/mol. The second kappa shape index (κ2) is 3.51. The predicted molar refractivity (Wildman–Crippen MR) is 38.1 cm³/mol. The van der Waals surface area contributed by atoms with Crippen molar-refractivity contribution >= 4 is 12.0 Å². The number of amides is 2. The summed E-state index contributed by atoms with van der Waals surface area (Å²) >= 11 is 0. The number of ether oxygens (including phenoxy) is 1. The van der Waals surface area contributed by atoms with Crippen molar-refractivity contribution in [2.45, 2.75) is 6.10 Å². The predicted octanol–water partition coefficient (Wildman–Crippen LogP) is -1.72. The highest BCUT2D eigenvalue weighted by atomic mass is 16.6. The number of nitrogens with zero attached hydrogens (tertiary/aromatic N) is 1. The van der Waals surface area contributed by atoms with Crippen LogP contribution in [0.2, 0.25) is 0 Å². The van der Waals surface area contributed by atoms with Crippen molar-refractivity contribution in [3.8, 4) is 0 Å². The highest BCUT2D eigenvalue weighted by Gasteiger charge is 2.31. The number of rotatable bonds is 2. The molecular formula is C6H10N2O4. The van der Waals surface area contributed by atoms with Crippen LogP contribution in [-0.4, -0.2) is 47.8 Å². The molecule has 0 radical (unpaired) electrons. The van der Waals surface area contributed by atoms with Gasteiger partial charge in [0.15, 0.2) is 0 Å². The molecule has 3 N–H and O–H groups in total. The Morgan fingerprint density at radius 2 is 2.50 bits per heavy atom. The maximum atomic E-state index is 11.1. The number of cyclic esters (lactones) is 1. The van der Waals surface area contributed by atoms with E-state index in [2.05, 4.69) is 4.74 Å². The number of nitrogens with two attached hydrogens (primary N) is 1. The molecule has 1 aliphatic rings. The van der Waals surface area contributed by atoms with Crippen molar-refractivity contribution in [1.29, 1.82) is 0 Å². The number of imide groups is 1. The van der Waals surface area contributed by atoms with Crippen LogP contribution in [0.5, 0.6) is 0 Å². The number of carbonyl (C=O) groups is 2. The lowest BCUT2D eigenvalue weighted by atomic mass is 10.3. The molecule has 2 amide bonds. The highest BCUT2D eigenvalue weighted by molar-refractivity contribution is 5.95. The van der Waals surface area contributed by atoms with E-state index in [4.69, 9.17) is 10.8 Å². The summed E-state index contributed by atoms with van der Waals surface area (Å²) in [6.45, 7) is 0.180. The molecule has 0 bridgehead atoms. The van der Waals surface area contributed by atoms with Gasteiger partial charge >= 0.3 is 6.09 Å². The van der Waals surface area contributed by atoms with Crippen LogP contribution in [-0.2, 0) is 9.53 Å². The molecule has 1 saturated heterocycles. The van der Waals surface area contributed by atoms with E-state index in [9.17, 15) is 9.59 Å². The first-order valence-electron chi connectivity index (χ1n) is 3.53. The summed E-state index contributed by atoms with van der Waals surface area (Å²) in [5.41, 5.74) is 5.04. The van der Waals surface area contributed by atoms with Crippen molar-refractivity contribution in [1.82, 2.24) is 4.90 Å². The molecule has 1 unspecified atom stereocenters. The van der Waals surface area contributed by atoms with E-state index in [1.165, 1.54) is 0 Å². The average Bonchev–Trinajstić information content (AvgIpc) is 2.48. The fraction of sp³-hybridized carbons (Fsp3) is 0.667. The number of hydrogen-bond donors (Lipinski definition) is 2. The second-order valence-electron chi connectivity index (χ2n) is 2.36. The lowest BCUT2D eigenvalue weighted by molar-refractivity contribution is -0.135. The minimum absolute atomic E-state index is 0.182. The van der Waals surface area contributed by atoms with E-state index < -0.39 is 18.1 Å². The van der Waals surface area contributed by atoms with Gasteiger partial charge in [-0.05, 0) is 0 Å². The summed E-state index contributed by atoms with van der Waals surface area (Å²) in [6, 6.07) is 0. The molecule has 6 nitrogen and oxygen atoms in total. The van der Waals surface area contributed by atoms with Crippen molar-refractivity contribution in [2.75, 3.05) is 19.7 Å². The molecule has 1 fully saturated rings. The van der Waals surface area contributed by atoms with E-state index in [0.717, 1.165) is 4.90 Å². The fourth-order valence-corrected chi connectivity index (χ4v) is 0.874. The minimum Gasteiger partial charge on any atom is -0.447 e. The molecule has 68 valence electrons. The van der Waals surface area contributed by atoms with E-state index in [-0.39, 0.29) is 19.7 Å². The van der Waals surface area contributed by atoms with E-state index in [1.807, 2.05) is 0 Å². The van der Waals surface area contributed by atoms with Crippen LogP contribution in [0.1, 0.15) is 0 Å². The van der Waals surface area contributed by atoms with Crippen LogP contribution in [0.4, 0.5) is 4.79 Å². The zero-order chi connectivity index (χ0) is 9.14. The Balaban J connectivity index is 2.57. The summed E-state index contributed by atoms with van der Waals surface area (Å²) < 4.78 is 4.50. The van der Waals surface area contributed by atoms with Gasteiger partial charge in [0.1, 0.15) is 12.7 Å². The van der Waals surface area contributed by atoms with Crippen molar-refractivity contribution in [2.24, 2.45) is 5.73 Å². The third kappa shape index (κ3) is 1.54. The Morgan fingerprint density at radius 3 is 2.92 bits per heavy atom. The third-order valence-corrected chi connectivity index (χ3v) is 1.54. The van der Waals surface area contributed by atoms with Crippen LogP contribution in [0, 0.1) is 0 Å². The molecule has 1 rings (SSSR count). The van der Waals surface area contributed by atoms with E-state index in [0.29, 0.717) is 0 Å². The molecule has 0 spiro atoms. The maximum Gasteiger partial charge on any atom is 0.416 e. The SMILES string of the molecule is NCC(O)C(=O)N1CCOC1=O. The largest absolute Gasteiger partial charge is 0.447 e. The Kier molecular flexibility index (Phi) is 2.61. The number of aliphatic hydroxyl groups excluding tert-OH is 1. The van der Waals surface area contributed by atoms with Crippen LogP contribution >= 0.6 is 0 Å². The summed E-state index contributed by atoms with van der Waals surface area (Å²) in [5.74, 6) is -0.694. The van der Waals surface area contributed by atoms with E-state index >= 15 is 0 Å². The summed E-state index contributed by atoms with van der Waals surface area (Å²) in [7, 11) is 0. The molecule has 0 saturated carbocycles. The van der Waals surface area contributed by atoms with Crippen molar-refractivity contribution in [3.63, 3.8) is 0 Å². The molecular weight excluding hydrogens is 164 g/mol. The topological polar surface area (TPSA) is 92.9 Å². The van der Waals surface area contributed by atoms with Gasteiger partial charge in [0.25, 0.3) is 5.91 Å². The molecule has 6 heteroatoms. The van der Waals surface area contributed by atoms with Gasteiger partial charge in [0.05, 0.1) is 6.54 Å². The molecule has 12 heavy (non-hydrogen) atoms. The number of aliphatic hydroxyl groups is 1. The lowest BCUT2D eigenvalue weighted by Crippen LogP contribution is -2.43. The van der Waals surface area contributed by atoms with Crippen LogP contribution in [0.25, 0.3) is 0 Å². The fourth-order valence-electron chi connectivity index (χ4n) is 0.874. The molecule has 1 heterocycles. The summed E-state index contributed by atoms with van der Waals surface area (Å²) in [4.78, 5) is 22.7. The molecule has 1 atom stereocenters. The molecule has 1 aliphatic heterocycles. The van der Waals surface area contributed by atoms with Gasteiger partial charge in [-0.15, -0.1) is 0 Å². The second-order valence-corrected chi connectivity index (χ2v) is 2.36. The van der Waals surface area contributed by atoms with Crippen molar-refractivity contribution < 1.29 is 19.4 Å². The Hall–Kier alpha value is -1.14. The monoisotopic (exact) mass is 174 g/mol. The highest BCUT2D eigenvalue weighted by Crippen LogP contribution is 2.04. The zero-order valence-electron chi connectivity index (χ0n) is 6.40. The molecule has 0 aromatic rings. The van der Waals surface area contributed by atoms with Crippen LogP contribution in [0.15, 0.2) is 0 Å². The molecule has 0 aromatic heterocycles. The lowest BCUT2D eigenvalue weighted by Gasteiger charge is -2.13. The Morgan fingerprint density at radius 1 is 1.83 bits per heavy atom. The zero-order valence-corrected chi connectivity index (χ0v) is 6.40. The molecule has 0 aromatic carbocycles. The first-order valence-corrected chi connectivity index (χ1v) is 3.53. The van der Waals surface area contributed by atoms with Gasteiger partial charge < -0.3 is 15.6 Å². The van der Waals surface area contributed by atoms with Gasteiger partial charge in [-0.3, -0.25) is 4.79 Å². The van der Waals surface area contributed by atoms with Gasteiger partial charge in [-0.1, -0.05) is 0 Å². The number of hydrogen-bond acceptors (Lipinski definition) is 5. The van der Waals surface area contributed by atoms with Gasteiger partial charge in [0, 0.05) is 6.54 Å². The Labute approximate surface area is 68.9 Å². The third-order valence-electron chi connectivity index (χ3n) is 1.54. The van der Waals surface area contributed by atoms with Gasteiger partial charge in [0.2, 0.25) is 0 Å². The van der Waals surface area contributed by atoms with Gasteiger partial charge in [-0.2, -0.15) is 0 Å². The van der Waals surface area contributed by atoms with Gasteiger partial charge in [-0.25, -0.2) is 9.69 Å². The Bertz CT molecular complexity index is 206.